The van der Waals surface area contributed by atoms with Gasteiger partial charge in [0.2, 0.25) is 5.94 Å². The van der Waals surface area contributed by atoms with Crippen molar-refractivity contribution >= 4 is 15.7 Å². The van der Waals surface area contributed by atoms with Crippen molar-refractivity contribution in [3.05, 3.63) is 23.8 Å². The molecule has 2 aliphatic rings. The first kappa shape index (κ1) is 12.7. The van der Waals surface area contributed by atoms with Gasteiger partial charge in [0.1, 0.15) is 5.75 Å². The van der Waals surface area contributed by atoms with Gasteiger partial charge in [0.15, 0.2) is 0 Å². The first-order chi connectivity index (χ1) is 9.12. The SMILES string of the molecule is O=S1(=O)COc2ccc(CC3CCNCC3)cc2N1. The summed E-state index contributed by atoms with van der Waals surface area (Å²) < 4.78 is 30.7. The molecule has 104 valence electrons. The molecule has 0 atom stereocenters. The minimum absolute atomic E-state index is 0.298. The summed E-state index contributed by atoms with van der Waals surface area (Å²) >= 11 is 0. The molecular weight excluding hydrogens is 264 g/mol. The van der Waals surface area contributed by atoms with E-state index in [9.17, 15) is 8.42 Å². The van der Waals surface area contributed by atoms with Gasteiger partial charge in [0.05, 0.1) is 5.69 Å². The molecule has 0 amide bonds. The normalized spacial score (nSPS) is 22.1. The molecule has 19 heavy (non-hydrogen) atoms. The van der Waals surface area contributed by atoms with E-state index in [1.807, 2.05) is 18.2 Å². The topological polar surface area (TPSA) is 67.4 Å². The van der Waals surface area contributed by atoms with Crippen LogP contribution in [0.15, 0.2) is 18.2 Å². The van der Waals surface area contributed by atoms with Gasteiger partial charge in [-0.25, -0.2) is 8.42 Å². The maximum absolute atomic E-state index is 11.5. The molecule has 2 heterocycles. The Kier molecular flexibility index (Phi) is 3.36. The fraction of sp³-hybridized carbons (Fsp3) is 0.538. The quantitative estimate of drug-likeness (QED) is 0.858. The highest BCUT2D eigenvalue weighted by molar-refractivity contribution is 7.92. The second-order valence-electron chi connectivity index (χ2n) is 5.21. The highest BCUT2D eigenvalue weighted by Gasteiger charge is 2.22. The molecule has 0 radical (unpaired) electrons. The number of hydrogen-bond acceptors (Lipinski definition) is 4. The Morgan fingerprint density at radius 1 is 1.26 bits per heavy atom. The molecular formula is C13H18N2O3S. The molecule has 0 bridgehead atoms. The summed E-state index contributed by atoms with van der Waals surface area (Å²) in [7, 11) is -3.33. The van der Waals surface area contributed by atoms with E-state index in [-0.39, 0.29) is 5.94 Å². The molecule has 0 aliphatic carbocycles. The number of piperidine rings is 1. The van der Waals surface area contributed by atoms with Crippen LogP contribution in [0.4, 0.5) is 5.69 Å². The minimum Gasteiger partial charge on any atom is -0.474 e. The molecule has 1 saturated heterocycles. The van der Waals surface area contributed by atoms with Crippen molar-refractivity contribution in [3.8, 4) is 5.75 Å². The third kappa shape index (κ3) is 3.01. The third-order valence-electron chi connectivity index (χ3n) is 3.66. The van der Waals surface area contributed by atoms with Crippen molar-refractivity contribution < 1.29 is 13.2 Å². The lowest BCUT2D eigenvalue weighted by Crippen LogP contribution is -2.29. The van der Waals surface area contributed by atoms with Crippen LogP contribution in [0.1, 0.15) is 18.4 Å². The van der Waals surface area contributed by atoms with Gasteiger partial charge >= 0.3 is 0 Å². The molecule has 0 unspecified atom stereocenters. The zero-order valence-corrected chi connectivity index (χ0v) is 11.5. The van der Waals surface area contributed by atoms with Crippen LogP contribution in [-0.2, 0) is 16.4 Å². The van der Waals surface area contributed by atoms with Crippen LogP contribution in [-0.4, -0.2) is 27.4 Å². The number of anilines is 1. The number of nitrogens with one attached hydrogen (secondary N) is 2. The molecule has 1 fully saturated rings. The third-order valence-corrected chi connectivity index (χ3v) is 4.62. The van der Waals surface area contributed by atoms with Crippen LogP contribution in [0, 0.1) is 5.92 Å². The van der Waals surface area contributed by atoms with Gasteiger partial charge in [-0.15, -0.1) is 0 Å². The van der Waals surface area contributed by atoms with Gasteiger partial charge in [-0.3, -0.25) is 4.72 Å². The number of hydrogen-bond donors (Lipinski definition) is 2. The van der Waals surface area contributed by atoms with Gasteiger partial charge in [0, 0.05) is 0 Å². The van der Waals surface area contributed by atoms with E-state index in [1.54, 1.807) is 0 Å². The molecule has 1 aromatic carbocycles. The standard InChI is InChI=1S/C13H18N2O3S/c16-19(17)9-18-13-2-1-11(8-12(13)15-19)7-10-3-5-14-6-4-10/h1-2,8,10,14-15H,3-7,9H2. The largest absolute Gasteiger partial charge is 0.474 e. The van der Waals surface area contributed by atoms with Crippen LogP contribution in [0.2, 0.25) is 0 Å². The number of rotatable bonds is 2. The van der Waals surface area contributed by atoms with Gasteiger partial charge in [-0.1, -0.05) is 6.07 Å². The van der Waals surface area contributed by atoms with E-state index >= 15 is 0 Å². The predicted octanol–water partition coefficient (Wildman–Crippen LogP) is 1.32. The van der Waals surface area contributed by atoms with E-state index in [0.29, 0.717) is 17.4 Å². The first-order valence-corrected chi connectivity index (χ1v) is 8.24. The van der Waals surface area contributed by atoms with Gasteiger partial charge in [-0.2, -0.15) is 0 Å². The Balaban J connectivity index is 1.77. The molecule has 0 aromatic heterocycles. The summed E-state index contributed by atoms with van der Waals surface area (Å²) in [5.74, 6) is 0.998. The predicted molar refractivity (Wildman–Crippen MR) is 73.8 cm³/mol. The monoisotopic (exact) mass is 282 g/mol. The minimum atomic E-state index is -3.33. The molecule has 5 nitrogen and oxygen atoms in total. The summed E-state index contributed by atoms with van der Waals surface area (Å²) in [6, 6.07) is 5.78. The zero-order valence-electron chi connectivity index (χ0n) is 10.7. The van der Waals surface area contributed by atoms with E-state index < -0.39 is 10.0 Å². The Morgan fingerprint density at radius 3 is 2.84 bits per heavy atom. The lowest BCUT2D eigenvalue weighted by Gasteiger charge is -2.24. The highest BCUT2D eigenvalue weighted by atomic mass is 32.2. The summed E-state index contributed by atoms with van der Waals surface area (Å²) in [6.07, 6.45) is 3.36. The van der Waals surface area contributed by atoms with Crippen molar-refractivity contribution in [2.75, 3.05) is 23.8 Å². The van der Waals surface area contributed by atoms with Crippen LogP contribution >= 0.6 is 0 Å². The van der Waals surface area contributed by atoms with Gasteiger partial charge in [-0.05, 0) is 56.0 Å². The molecule has 0 saturated carbocycles. The van der Waals surface area contributed by atoms with Crippen molar-refractivity contribution in [1.29, 1.82) is 0 Å². The van der Waals surface area contributed by atoms with Crippen LogP contribution in [0.25, 0.3) is 0 Å². The number of benzene rings is 1. The average molecular weight is 282 g/mol. The van der Waals surface area contributed by atoms with Crippen molar-refractivity contribution in [2.24, 2.45) is 5.92 Å². The maximum atomic E-state index is 11.5. The Hall–Kier alpha value is -1.27. The first-order valence-electron chi connectivity index (χ1n) is 6.59. The molecule has 0 spiro atoms. The summed E-state index contributed by atoms with van der Waals surface area (Å²) in [5, 5.41) is 3.35. The highest BCUT2D eigenvalue weighted by Crippen LogP contribution is 2.31. The second kappa shape index (κ2) is 5.02. The molecule has 6 heteroatoms. The lowest BCUT2D eigenvalue weighted by molar-refractivity contribution is 0.369. The fourth-order valence-corrected chi connectivity index (χ4v) is 3.50. The zero-order chi connectivity index (χ0) is 13.3. The smallest absolute Gasteiger partial charge is 0.268 e. The lowest BCUT2D eigenvalue weighted by atomic mass is 9.91. The summed E-state index contributed by atoms with van der Waals surface area (Å²) in [4.78, 5) is 0. The molecule has 2 aliphatic heterocycles. The van der Waals surface area contributed by atoms with Crippen molar-refractivity contribution in [2.45, 2.75) is 19.3 Å². The Labute approximate surface area is 113 Å². The molecule has 1 aromatic rings. The van der Waals surface area contributed by atoms with Crippen molar-refractivity contribution in [3.63, 3.8) is 0 Å². The fourth-order valence-electron chi connectivity index (χ4n) is 2.67. The average Bonchev–Trinajstić information content (AvgIpc) is 2.38. The van der Waals surface area contributed by atoms with E-state index in [1.165, 1.54) is 18.4 Å². The number of ether oxygens (including phenoxy) is 1. The second-order valence-corrected chi connectivity index (χ2v) is 6.88. The summed E-state index contributed by atoms with van der Waals surface area (Å²) in [5.41, 5.74) is 1.73. The van der Waals surface area contributed by atoms with Crippen LogP contribution in [0.3, 0.4) is 0 Å². The molecule has 2 N–H and O–H groups in total. The number of fused-ring (bicyclic) bond motifs is 1. The van der Waals surface area contributed by atoms with Crippen molar-refractivity contribution in [1.82, 2.24) is 5.32 Å². The number of sulfonamides is 1. The Morgan fingerprint density at radius 2 is 2.05 bits per heavy atom. The van der Waals surface area contributed by atoms with E-state index in [2.05, 4.69) is 10.0 Å². The maximum Gasteiger partial charge on any atom is 0.268 e. The van der Waals surface area contributed by atoms with E-state index in [0.717, 1.165) is 19.5 Å². The van der Waals surface area contributed by atoms with Gasteiger partial charge in [0.25, 0.3) is 10.0 Å². The van der Waals surface area contributed by atoms with Crippen LogP contribution in [0.5, 0.6) is 5.75 Å². The Bertz CT molecular complexity index is 565. The van der Waals surface area contributed by atoms with Gasteiger partial charge < -0.3 is 10.1 Å². The molecule has 3 rings (SSSR count). The summed E-state index contributed by atoms with van der Waals surface area (Å²) in [6.45, 7) is 2.15. The van der Waals surface area contributed by atoms with E-state index in [4.69, 9.17) is 4.74 Å². The van der Waals surface area contributed by atoms with Crippen LogP contribution < -0.4 is 14.8 Å².